The van der Waals surface area contributed by atoms with Crippen LogP contribution in [0, 0.1) is 13.8 Å². The van der Waals surface area contributed by atoms with Crippen molar-refractivity contribution in [3.8, 4) is 0 Å². The van der Waals surface area contributed by atoms with Crippen molar-refractivity contribution in [1.29, 1.82) is 0 Å². The molecule has 3 heteroatoms. The molecular formula is C18H23ClN2. The summed E-state index contributed by atoms with van der Waals surface area (Å²) < 4.78 is 0. The molecule has 1 N–H and O–H groups in total. The number of rotatable bonds is 6. The first-order valence-corrected chi connectivity index (χ1v) is 7.89. The van der Waals surface area contributed by atoms with Crippen LogP contribution in [0.15, 0.2) is 36.5 Å². The van der Waals surface area contributed by atoms with Crippen molar-refractivity contribution in [3.63, 3.8) is 0 Å². The van der Waals surface area contributed by atoms with Crippen molar-refractivity contribution in [2.75, 3.05) is 6.54 Å². The van der Waals surface area contributed by atoms with Crippen LogP contribution in [-0.2, 0) is 6.42 Å². The molecule has 0 radical (unpaired) electrons. The highest BCUT2D eigenvalue weighted by Gasteiger charge is 2.14. The van der Waals surface area contributed by atoms with Crippen molar-refractivity contribution < 1.29 is 0 Å². The summed E-state index contributed by atoms with van der Waals surface area (Å²) in [6.45, 7) is 7.47. The summed E-state index contributed by atoms with van der Waals surface area (Å²) in [5.41, 5.74) is 5.06. The molecule has 0 saturated heterocycles. The molecule has 2 rings (SSSR count). The zero-order valence-electron chi connectivity index (χ0n) is 13.0. The molecular weight excluding hydrogens is 280 g/mol. The lowest BCUT2D eigenvalue weighted by Gasteiger charge is -2.19. The minimum atomic E-state index is 0.225. The highest BCUT2D eigenvalue weighted by atomic mass is 35.5. The van der Waals surface area contributed by atoms with E-state index in [9.17, 15) is 0 Å². The van der Waals surface area contributed by atoms with E-state index in [1.165, 1.54) is 16.7 Å². The Balaban J connectivity index is 2.23. The Bertz CT molecular complexity index is 578. The predicted octanol–water partition coefficient (Wildman–Crippen LogP) is 4.64. The third kappa shape index (κ3) is 4.55. The number of hydrogen-bond acceptors (Lipinski definition) is 2. The first-order chi connectivity index (χ1) is 10.1. The molecule has 0 bridgehead atoms. The van der Waals surface area contributed by atoms with Gasteiger partial charge in [-0.3, -0.25) is 4.98 Å². The van der Waals surface area contributed by atoms with Gasteiger partial charge in [-0.15, -0.1) is 0 Å². The van der Waals surface area contributed by atoms with Crippen molar-refractivity contribution in [2.45, 2.75) is 39.7 Å². The normalized spacial score (nSPS) is 12.4. The Morgan fingerprint density at radius 2 is 2.00 bits per heavy atom. The summed E-state index contributed by atoms with van der Waals surface area (Å²) in [7, 11) is 0. The van der Waals surface area contributed by atoms with Crippen LogP contribution in [-0.4, -0.2) is 11.5 Å². The van der Waals surface area contributed by atoms with Crippen LogP contribution < -0.4 is 5.32 Å². The molecule has 0 saturated carbocycles. The number of aryl methyl sites for hydroxylation is 2. The average molecular weight is 303 g/mol. The average Bonchev–Trinajstić information content (AvgIpc) is 2.48. The largest absolute Gasteiger partial charge is 0.308 e. The summed E-state index contributed by atoms with van der Waals surface area (Å²) in [6.07, 6.45) is 3.78. The Morgan fingerprint density at radius 1 is 1.19 bits per heavy atom. The monoisotopic (exact) mass is 302 g/mol. The van der Waals surface area contributed by atoms with Crippen molar-refractivity contribution in [2.24, 2.45) is 0 Å². The summed E-state index contributed by atoms with van der Waals surface area (Å²) in [5.74, 6) is 0. The van der Waals surface area contributed by atoms with E-state index in [4.69, 9.17) is 11.6 Å². The molecule has 0 spiro atoms. The van der Waals surface area contributed by atoms with Gasteiger partial charge in [-0.25, -0.2) is 0 Å². The number of nitrogens with one attached hydrogen (secondary N) is 1. The fraction of sp³-hybridized carbons (Fsp3) is 0.389. The van der Waals surface area contributed by atoms with E-state index in [-0.39, 0.29) is 6.04 Å². The third-order valence-electron chi connectivity index (χ3n) is 3.68. The van der Waals surface area contributed by atoms with Gasteiger partial charge in [0, 0.05) is 6.20 Å². The molecule has 1 heterocycles. The molecule has 2 nitrogen and oxygen atoms in total. The SMILES string of the molecule is CCCNC(Cc1cc(C)ccc1C)c1ccc(Cl)cn1. The van der Waals surface area contributed by atoms with Crippen LogP contribution in [0.1, 0.15) is 41.8 Å². The number of hydrogen-bond donors (Lipinski definition) is 1. The Hall–Kier alpha value is -1.38. The van der Waals surface area contributed by atoms with Gasteiger partial charge < -0.3 is 5.32 Å². The topological polar surface area (TPSA) is 24.9 Å². The number of benzene rings is 1. The highest BCUT2D eigenvalue weighted by Crippen LogP contribution is 2.21. The second kappa shape index (κ2) is 7.58. The zero-order chi connectivity index (χ0) is 15.2. The second-order valence-corrected chi connectivity index (χ2v) is 5.98. The minimum Gasteiger partial charge on any atom is -0.308 e. The molecule has 0 aliphatic heterocycles. The first kappa shape index (κ1) is 16.0. The van der Waals surface area contributed by atoms with E-state index in [0.29, 0.717) is 5.02 Å². The zero-order valence-corrected chi connectivity index (χ0v) is 13.7. The van der Waals surface area contributed by atoms with Gasteiger partial charge in [-0.1, -0.05) is 42.3 Å². The Labute approximate surface area is 132 Å². The summed E-state index contributed by atoms with van der Waals surface area (Å²) in [4.78, 5) is 4.49. The van der Waals surface area contributed by atoms with Gasteiger partial charge in [0.1, 0.15) is 0 Å². The lowest BCUT2D eigenvalue weighted by molar-refractivity contribution is 0.517. The standard InChI is InChI=1S/C18H23ClN2/c1-4-9-20-18(17-8-7-16(19)12-21-17)11-15-10-13(2)5-6-14(15)3/h5-8,10,12,18,20H,4,9,11H2,1-3H3. The minimum absolute atomic E-state index is 0.225. The molecule has 21 heavy (non-hydrogen) atoms. The fourth-order valence-electron chi connectivity index (χ4n) is 2.43. The molecule has 1 atom stereocenters. The summed E-state index contributed by atoms with van der Waals surface area (Å²) >= 11 is 5.94. The second-order valence-electron chi connectivity index (χ2n) is 5.54. The van der Waals surface area contributed by atoms with Crippen LogP contribution in [0.25, 0.3) is 0 Å². The predicted molar refractivity (Wildman–Crippen MR) is 89.9 cm³/mol. The molecule has 0 aliphatic rings. The third-order valence-corrected chi connectivity index (χ3v) is 3.90. The van der Waals surface area contributed by atoms with Crippen LogP contribution in [0.4, 0.5) is 0 Å². The van der Waals surface area contributed by atoms with Gasteiger partial charge in [0.15, 0.2) is 0 Å². The molecule has 0 fully saturated rings. The van der Waals surface area contributed by atoms with Crippen LogP contribution in [0.3, 0.4) is 0 Å². The maximum atomic E-state index is 5.94. The van der Waals surface area contributed by atoms with E-state index >= 15 is 0 Å². The summed E-state index contributed by atoms with van der Waals surface area (Å²) in [5, 5.41) is 4.28. The van der Waals surface area contributed by atoms with Crippen LogP contribution in [0.5, 0.6) is 0 Å². The fourth-order valence-corrected chi connectivity index (χ4v) is 2.55. The maximum absolute atomic E-state index is 5.94. The smallest absolute Gasteiger partial charge is 0.0589 e. The van der Waals surface area contributed by atoms with Crippen molar-refractivity contribution in [3.05, 3.63) is 63.9 Å². The van der Waals surface area contributed by atoms with E-state index in [1.807, 2.05) is 12.1 Å². The van der Waals surface area contributed by atoms with Gasteiger partial charge in [0.2, 0.25) is 0 Å². The van der Waals surface area contributed by atoms with E-state index in [2.05, 4.69) is 49.3 Å². The van der Waals surface area contributed by atoms with Gasteiger partial charge in [0.05, 0.1) is 16.8 Å². The molecule has 0 aliphatic carbocycles. The van der Waals surface area contributed by atoms with Gasteiger partial charge in [0.25, 0.3) is 0 Å². The first-order valence-electron chi connectivity index (χ1n) is 7.51. The van der Waals surface area contributed by atoms with E-state index in [0.717, 1.165) is 25.1 Å². The van der Waals surface area contributed by atoms with Crippen molar-refractivity contribution >= 4 is 11.6 Å². The van der Waals surface area contributed by atoms with Gasteiger partial charge >= 0.3 is 0 Å². The van der Waals surface area contributed by atoms with E-state index in [1.54, 1.807) is 6.20 Å². The van der Waals surface area contributed by atoms with Crippen LogP contribution >= 0.6 is 11.6 Å². The molecule has 1 unspecified atom stereocenters. The maximum Gasteiger partial charge on any atom is 0.0589 e. The lowest BCUT2D eigenvalue weighted by Crippen LogP contribution is -2.25. The van der Waals surface area contributed by atoms with E-state index < -0.39 is 0 Å². The number of aromatic nitrogens is 1. The molecule has 112 valence electrons. The van der Waals surface area contributed by atoms with Gasteiger partial charge in [-0.05, 0) is 56.5 Å². The molecule has 1 aromatic heterocycles. The Morgan fingerprint density at radius 3 is 2.67 bits per heavy atom. The molecule has 1 aromatic carbocycles. The van der Waals surface area contributed by atoms with Crippen LogP contribution in [0.2, 0.25) is 5.02 Å². The molecule has 2 aromatic rings. The number of halogens is 1. The number of nitrogens with zero attached hydrogens (tertiary/aromatic N) is 1. The quantitative estimate of drug-likeness (QED) is 0.841. The lowest BCUT2D eigenvalue weighted by atomic mass is 9.97. The highest BCUT2D eigenvalue weighted by molar-refractivity contribution is 6.30. The van der Waals surface area contributed by atoms with Crippen molar-refractivity contribution in [1.82, 2.24) is 10.3 Å². The summed E-state index contributed by atoms with van der Waals surface area (Å²) in [6, 6.07) is 10.8. The molecule has 0 amide bonds. The van der Waals surface area contributed by atoms with Gasteiger partial charge in [-0.2, -0.15) is 0 Å². The number of pyridine rings is 1. The Kier molecular flexibility index (Phi) is 5.77.